The molecule has 0 radical (unpaired) electrons. The normalized spacial score (nSPS) is 25.3. The van der Waals surface area contributed by atoms with Gasteiger partial charge in [0.25, 0.3) is 0 Å². The summed E-state index contributed by atoms with van der Waals surface area (Å²) < 4.78 is 17.7. The second kappa shape index (κ2) is 6.52. The molecule has 0 N–H and O–H groups in total. The third kappa shape index (κ3) is 2.53. The summed E-state index contributed by atoms with van der Waals surface area (Å²) in [7, 11) is 0. The number of hydrogen-bond acceptors (Lipinski definition) is 4. The van der Waals surface area contributed by atoms with E-state index in [1.165, 1.54) is 0 Å². The Morgan fingerprint density at radius 1 is 1.21 bits per heavy atom. The summed E-state index contributed by atoms with van der Waals surface area (Å²) in [6.45, 7) is 5.70. The fourth-order valence-electron chi connectivity index (χ4n) is 4.68. The highest BCUT2D eigenvalue weighted by Gasteiger charge is 2.57. The summed E-state index contributed by atoms with van der Waals surface area (Å²) >= 11 is 0. The summed E-state index contributed by atoms with van der Waals surface area (Å²) in [6, 6.07) is 13.9. The number of benzene rings is 2. The summed E-state index contributed by atoms with van der Waals surface area (Å²) in [5.41, 5.74) is 2.15. The summed E-state index contributed by atoms with van der Waals surface area (Å²) in [4.78, 5) is 15.7. The van der Waals surface area contributed by atoms with Gasteiger partial charge in [-0.25, -0.2) is 0 Å². The molecule has 0 bridgehead atoms. The van der Waals surface area contributed by atoms with Gasteiger partial charge in [-0.1, -0.05) is 24.3 Å². The number of amides is 1. The van der Waals surface area contributed by atoms with E-state index >= 15 is 0 Å². The summed E-state index contributed by atoms with van der Waals surface area (Å²) in [5.74, 6) is 1.58. The van der Waals surface area contributed by atoms with E-state index in [4.69, 9.17) is 14.2 Å². The fourth-order valence-corrected chi connectivity index (χ4v) is 4.68. The first-order valence-corrected chi connectivity index (χ1v) is 10.1. The van der Waals surface area contributed by atoms with Crippen molar-refractivity contribution >= 4 is 11.6 Å². The van der Waals surface area contributed by atoms with Gasteiger partial charge in [-0.05, 0) is 44.4 Å². The van der Waals surface area contributed by atoms with Gasteiger partial charge in [-0.15, -0.1) is 0 Å². The monoisotopic (exact) mass is 379 g/mol. The minimum absolute atomic E-state index is 0.0838. The minimum Gasteiger partial charge on any atom is -0.491 e. The van der Waals surface area contributed by atoms with Crippen LogP contribution >= 0.6 is 0 Å². The Balaban J connectivity index is 1.56. The minimum atomic E-state index is -0.777. The molecule has 28 heavy (non-hydrogen) atoms. The van der Waals surface area contributed by atoms with Gasteiger partial charge in [-0.3, -0.25) is 4.79 Å². The Kier molecular flexibility index (Phi) is 4.09. The average molecular weight is 379 g/mol. The highest BCUT2D eigenvalue weighted by Crippen LogP contribution is 2.53. The Labute approximate surface area is 165 Å². The maximum Gasteiger partial charge on any atom is 0.245 e. The molecule has 0 aliphatic carbocycles. The molecule has 5 nitrogen and oxygen atoms in total. The number of rotatable bonds is 4. The SMILES string of the molecule is CC(C)Oc1ccc2c(c1)OCC21C(=O)N(CC2CCCO2)c2ccccc21. The van der Waals surface area contributed by atoms with E-state index in [1.54, 1.807) is 0 Å². The van der Waals surface area contributed by atoms with Crippen LogP contribution in [0.4, 0.5) is 5.69 Å². The number of nitrogens with zero attached hydrogens (tertiary/aromatic N) is 1. The highest BCUT2D eigenvalue weighted by molar-refractivity contribution is 6.11. The van der Waals surface area contributed by atoms with Crippen molar-refractivity contribution in [2.24, 2.45) is 0 Å². The standard InChI is InChI=1S/C23H25NO4/c1-15(2)28-16-9-10-19-21(12-16)27-14-23(19)18-7-3-4-8-20(18)24(22(23)25)13-17-6-5-11-26-17/h3-4,7-10,12,15,17H,5-6,11,13-14H2,1-2H3. The van der Waals surface area contributed by atoms with E-state index in [0.29, 0.717) is 13.2 Å². The molecule has 1 spiro atoms. The van der Waals surface area contributed by atoms with Gasteiger partial charge in [0, 0.05) is 23.9 Å². The maximum absolute atomic E-state index is 13.8. The molecule has 146 valence electrons. The van der Waals surface area contributed by atoms with Crippen molar-refractivity contribution in [2.75, 3.05) is 24.7 Å². The van der Waals surface area contributed by atoms with E-state index < -0.39 is 5.41 Å². The first kappa shape index (κ1) is 17.6. The van der Waals surface area contributed by atoms with Crippen LogP contribution in [0.1, 0.15) is 37.8 Å². The molecular formula is C23H25NO4. The van der Waals surface area contributed by atoms with Crippen LogP contribution in [-0.2, 0) is 14.9 Å². The Morgan fingerprint density at radius 3 is 2.86 bits per heavy atom. The predicted octanol–water partition coefficient (Wildman–Crippen LogP) is 3.68. The second-order valence-electron chi connectivity index (χ2n) is 8.09. The predicted molar refractivity (Wildman–Crippen MR) is 106 cm³/mol. The van der Waals surface area contributed by atoms with Crippen molar-refractivity contribution in [1.29, 1.82) is 0 Å². The van der Waals surface area contributed by atoms with Gasteiger partial charge in [0.15, 0.2) is 0 Å². The van der Waals surface area contributed by atoms with Crippen molar-refractivity contribution in [3.8, 4) is 11.5 Å². The quantitative estimate of drug-likeness (QED) is 0.813. The summed E-state index contributed by atoms with van der Waals surface area (Å²) in [5, 5.41) is 0. The lowest BCUT2D eigenvalue weighted by Gasteiger charge is -2.25. The van der Waals surface area contributed by atoms with Gasteiger partial charge in [0.2, 0.25) is 5.91 Å². The molecule has 3 heterocycles. The molecule has 2 atom stereocenters. The zero-order chi connectivity index (χ0) is 19.3. The van der Waals surface area contributed by atoms with Crippen LogP contribution < -0.4 is 14.4 Å². The largest absolute Gasteiger partial charge is 0.491 e. The first-order valence-electron chi connectivity index (χ1n) is 10.1. The molecule has 1 amide bonds. The number of para-hydroxylation sites is 1. The van der Waals surface area contributed by atoms with Gasteiger partial charge in [-0.2, -0.15) is 0 Å². The third-order valence-electron chi connectivity index (χ3n) is 5.90. The van der Waals surface area contributed by atoms with Crippen molar-refractivity contribution in [2.45, 2.75) is 44.3 Å². The molecule has 1 saturated heterocycles. The molecule has 3 aliphatic heterocycles. The lowest BCUT2D eigenvalue weighted by Crippen LogP contribution is -2.44. The highest BCUT2D eigenvalue weighted by atomic mass is 16.5. The van der Waals surface area contributed by atoms with E-state index in [1.807, 2.05) is 55.1 Å². The molecule has 0 saturated carbocycles. The number of carbonyl (C=O) groups excluding carboxylic acids is 1. The molecule has 0 aromatic heterocycles. The van der Waals surface area contributed by atoms with E-state index in [0.717, 1.165) is 47.8 Å². The second-order valence-corrected chi connectivity index (χ2v) is 8.09. The first-order chi connectivity index (χ1) is 13.6. The molecular weight excluding hydrogens is 354 g/mol. The lowest BCUT2D eigenvalue weighted by molar-refractivity contribution is -0.122. The zero-order valence-electron chi connectivity index (χ0n) is 16.3. The van der Waals surface area contributed by atoms with E-state index in [-0.39, 0.29) is 18.1 Å². The Hall–Kier alpha value is -2.53. The molecule has 2 aromatic rings. The van der Waals surface area contributed by atoms with Gasteiger partial charge >= 0.3 is 0 Å². The molecule has 1 fully saturated rings. The summed E-state index contributed by atoms with van der Waals surface area (Å²) in [6.07, 6.45) is 2.26. The number of carbonyl (C=O) groups is 1. The van der Waals surface area contributed by atoms with Crippen LogP contribution in [0.3, 0.4) is 0 Å². The number of anilines is 1. The van der Waals surface area contributed by atoms with Crippen LogP contribution in [0.5, 0.6) is 11.5 Å². The number of hydrogen-bond donors (Lipinski definition) is 0. The third-order valence-corrected chi connectivity index (χ3v) is 5.90. The molecule has 2 unspecified atom stereocenters. The molecule has 5 heteroatoms. The fraction of sp³-hybridized carbons (Fsp3) is 0.435. The number of ether oxygens (including phenoxy) is 3. The average Bonchev–Trinajstić information content (AvgIpc) is 3.38. The number of fused-ring (bicyclic) bond motifs is 4. The van der Waals surface area contributed by atoms with Crippen molar-refractivity contribution in [3.05, 3.63) is 53.6 Å². The lowest BCUT2D eigenvalue weighted by atomic mass is 9.77. The van der Waals surface area contributed by atoms with E-state index in [9.17, 15) is 4.79 Å². The van der Waals surface area contributed by atoms with Crippen LogP contribution in [0.15, 0.2) is 42.5 Å². The van der Waals surface area contributed by atoms with Crippen LogP contribution in [-0.4, -0.2) is 37.9 Å². The van der Waals surface area contributed by atoms with E-state index in [2.05, 4.69) is 6.07 Å². The Bertz CT molecular complexity index is 919. The smallest absolute Gasteiger partial charge is 0.245 e. The zero-order valence-corrected chi connectivity index (χ0v) is 16.3. The van der Waals surface area contributed by atoms with Crippen molar-refractivity contribution in [1.82, 2.24) is 0 Å². The van der Waals surface area contributed by atoms with Crippen LogP contribution in [0.25, 0.3) is 0 Å². The molecule has 2 aromatic carbocycles. The van der Waals surface area contributed by atoms with Crippen molar-refractivity contribution in [3.63, 3.8) is 0 Å². The van der Waals surface area contributed by atoms with Gasteiger partial charge < -0.3 is 19.1 Å². The van der Waals surface area contributed by atoms with Crippen molar-refractivity contribution < 1.29 is 19.0 Å². The Morgan fingerprint density at radius 2 is 2.07 bits per heavy atom. The molecule has 3 aliphatic rings. The van der Waals surface area contributed by atoms with Crippen LogP contribution in [0.2, 0.25) is 0 Å². The van der Waals surface area contributed by atoms with Crippen LogP contribution in [0, 0.1) is 0 Å². The topological polar surface area (TPSA) is 48.0 Å². The van der Waals surface area contributed by atoms with Gasteiger partial charge in [0.05, 0.1) is 18.8 Å². The van der Waals surface area contributed by atoms with Gasteiger partial charge in [0.1, 0.15) is 23.5 Å². The maximum atomic E-state index is 13.8. The molecule has 5 rings (SSSR count).